The molecule has 2 heterocycles. The lowest BCUT2D eigenvalue weighted by atomic mass is 9.91. The second kappa shape index (κ2) is 11.9. The molecular weight excluding hydrogens is 476 g/mol. The predicted molar refractivity (Wildman–Crippen MR) is 152 cm³/mol. The zero-order valence-corrected chi connectivity index (χ0v) is 22.4. The molecule has 0 radical (unpaired) electrons. The third-order valence-electron chi connectivity index (χ3n) is 7.69. The molecule has 3 aromatic rings. The lowest BCUT2D eigenvalue weighted by Crippen LogP contribution is -2.37. The van der Waals surface area contributed by atoms with E-state index in [0.717, 1.165) is 74.6 Å². The van der Waals surface area contributed by atoms with E-state index in [1.807, 2.05) is 49.3 Å². The molecule has 0 saturated heterocycles. The fourth-order valence-electron chi connectivity index (χ4n) is 5.59. The molecule has 1 saturated carbocycles. The molecule has 2 amide bonds. The molecule has 2 aliphatic rings. The third kappa shape index (κ3) is 5.80. The Morgan fingerprint density at radius 1 is 0.816 bits per heavy atom. The van der Waals surface area contributed by atoms with Crippen molar-refractivity contribution in [2.45, 2.75) is 63.5 Å². The highest BCUT2D eigenvalue weighted by Crippen LogP contribution is 2.27. The van der Waals surface area contributed by atoms with Crippen molar-refractivity contribution in [3.05, 3.63) is 59.7 Å². The minimum Gasteiger partial charge on any atom is -0.362 e. The van der Waals surface area contributed by atoms with Crippen LogP contribution in [0.4, 0.5) is 11.8 Å². The molecular formula is C30H38N6O2. The van der Waals surface area contributed by atoms with Crippen molar-refractivity contribution in [3.63, 3.8) is 0 Å². The van der Waals surface area contributed by atoms with Gasteiger partial charge in [0.05, 0.1) is 16.6 Å². The minimum absolute atomic E-state index is 0.150. The van der Waals surface area contributed by atoms with Gasteiger partial charge in [-0.25, -0.2) is 4.98 Å². The van der Waals surface area contributed by atoms with Gasteiger partial charge in [-0.3, -0.25) is 14.5 Å². The standard InChI is InChI=1S/C30H38N6O2/c1-35(2)27-25-13-7-8-14-26(25)33-30(34-27)32-22-17-15-21(16-18-22)31-19-9-3-4-10-20-36-28(37)23-11-5-6-12-24(23)29(36)38/h5-8,11-14,21-22,31H,3-4,9-10,15-20H2,1-2H3,(H,32,33,34)/t21-,22+. The van der Waals surface area contributed by atoms with Gasteiger partial charge in [-0.15, -0.1) is 0 Å². The minimum atomic E-state index is -0.150. The van der Waals surface area contributed by atoms with Crippen LogP contribution in [0.5, 0.6) is 0 Å². The number of anilines is 2. The number of imide groups is 1. The van der Waals surface area contributed by atoms with E-state index in [1.54, 1.807) is 12.1 Å². The van der Waals surface area contributed by atoms with E-state index in [2.05, 4.69) is 16.7 Å². The van der Waals surface area contributed by atoms with E-state index in [1.165, 1.54) is 4.90 Å². The zero-order chi connectivity index (χ0) is 26.5. The SMILES string of the molecule is CN(C)c1nc(N[C@H]2CC[C@@H](NCCCCCCN3C(=O)c4ccccc4C3=O)CC2)nc2ccccc12. The van der Waals surface area contributed by atoms with Gasteiger partial charge in [0.1, 0.15) is 5.82 Å². The van der Waals surface area contributed by atoms with E-state index in [4.69, 9.17) is 9.97 Å². The quantitative estimate of drug-likeness (QED) is 0.279. The summed E-state index contributed by atoms with van der Waals surface area (Å²) in [5, 5.41) is 8.38. The Labute approximate surface area is 224 Å². The van der Waals surface area contributed by atoms with Gasteiger partial charge in [0.2, 0.25) is 5.95 Å². The first-order valence-electron chi connectivity index (χ1n) is 13.9. The number of carbonyl (C=O) groups excluding carboxylic acids is 2. The van der Waals surface area contributed by atoms with Gasteiger partial charge in [-0.05, 0) is 69.3 Å². The maximum Gasteiger partial charge on any atom is 0.261 e. The number of hydrogen-bond donors (Lipinski definition) is 2. The normalized spacial score (nSPS) is 19.2. The van der Waals surface area contributed by atoms with Gasteiger partial charge >= 0.3 is 0 Å². The first kappa shape index (κ1) is 26.1. The van der Waals surface area contributed by atoms with Crippen molar-refractivity contribution in [3.8, 4) is 0 Å². The van der Waals surface area contributed by atoms with Crippen LogP contribution in [-0.4, -0.2) is 66.0 Å². The van der Waals surface area contributed by atoms with Crippen LogP contribution in [0.1, 0.15) is 72.1 Å². The van der Waals surface area contributed by atoms with Crippen LogP contribution in [0.2, 0.25) is 0 Å². The average molecular weight is 515 g/mol. The van der Waals surface area contributed by atoms with Gasteiger partial charge < -0.3 is 15.5 Å². The van der Waals surface area contributed by atoms with E-state index in [0.29, 0.717) is 35.7 Å². The molecule has 5 rings (SSSR count). The number of rotatable bonds is 11. The summed E-state index contributed by atoms with van der Waals surface area (Å²) >= 11 is 0. The molecule has 0 spiro atoms. The molecule has 1 aromatic heterocycles. The summed E-state index contributed by atoms with van der Waals surface area (Å²) in [6.07, 6.45) is 8.58. The molecule has 1 aliphatic carbocycles. The summed E-state index contributed by atoms with van der Waals surface area (Å²) in [5.41, 5.74) is 2.04. The Morgan fingerprint density at radius 3 is 2.16 bits per heavy atom. The second-order valence-electron chi connectivity index (χ2n) is 10.7. The van der Waals surface area contributed by atoms with E-state index in [-0.39, 0.29) is 11.8 Å². The largest absolute Gasteiger partial charge is 0.362 e. The van der Waals surface area contributed by atoms with E-state index in [9.17, 15) is 9.59 Å². The Balaban J connectivity index is 0.978. The summed E-state index contributed by atoms with van der Waals surface area (Å²) in [5.74, 6) is 1.35. The monoisotopic (exact) mass is 514 g/mol. The van der Waals surface area contributed by atoms with Crippen molar-refractivity contribution in [1.82, 2.24) is 20.2 Å². The molecule has 0 atom stereocenters. The molecule has 200 valence electrons. The first-order chi connectivity index (χ1) is 18.5. The summed E-state index contributed by atoms with van der Waals surface area (Å²) in [7, 11) is 4.04. The molecule has 8 nitrogen and oxygen atoms in total. The molecule has 2 N–H and O–H groups in total. The molecule has 38 heavy (non-hydrogen) atoms. The lowest BCUT2D eigenvalue weighted by Gasteiger charge is -2.30. The number of amides is 2. The van der Waals surface area contributed by atoms with Crippen LogP contribution in [0.15, 0.2) is 48.5 Å². The molecule has 8 heteroatoms. The maximum absolute atomic E-state index is 12.4. The molecule has 0 bridgehead atoms. The molecule has 2 aromatic carbocycles. The molecule has 0 unspecified atom stereocenters. The number of fused-ring (bicyclic) bond motifs is 2. The molecule has 1 fully saturated rings. The van der Waals surface area contributed by atoms with Crippen molar-refractivity contribution < 1.29 is 9.59 Å². The predicted octanol–water partition coefficient (Wildman–Crippen LogP) is 4.87. The Morgan fingerprint density at radius 2 is 1.45 bits per heavy atom. The van der Waals surface area contributed by atoms with E-state index >= 15 is 0 Å². The van der Waals surface area contributed by atoms with Crippen molar-refractivity contribution in [2.75, 3.05) is 37.4 Å². The number of nitrogens with zero attached hydrogens (tertiary/aromatic N) is 4. The number of nitrogens with one attached hydrogen (secondary N) is 2. The number of unbranched alkanes of at least 4 members (excludes halogenated alkanes) is 3. The van der Waals surface area contributed by atoms with Gasteiger partial charge in [0.15, 0.2) is 0 Å². The Hall–Kier alpha value is -3.52. The maximum atomic E-state index is 12.4. The van der Waals surface area contributed by atoms with Crippen LogP contribution >= 0.6 is 0 Å². The van der Waals surface area contributed by atoms with Crippen molar-refractivity contribution in [2.24, 2.45) is 0 Å². The Bertz CT molecular complexity index is 1250. The highest BCUT2D eigenvalue weighted by Gasteiger charge is 2.34. The number of para-hydroxylation sites is 1. The number of carbonyl (C=O) groups is 2. The van der Waals surface area contributed by atoms with Gasteiger partial charge in [-0.2, -0.15) is 4.98 Å². The average Bonchev–Trinajstić information content (AvgIpc) is 3.17. The van der Waals surface area contributed by atoms with Crippen LogP contribution in [0, 0.1) is 0 Å². The van der Waals surface area contributed by atoms with Gasteiger partial charge in [-0.1, -0.05) is 37.1 Å². The topological polar surface area (TPSA) is 90.5 Å². The summed E-state index contributed by atoms with van der Waals surface area (Å²) in [4.78, 5) is 37.9. The van der Waals surface area contributed by atoms with Crippen molar-refractivity contribution in [1.29, 1.82) is 0 Å². The highest BCUT2D eigenvalue weighted by atomic mass is 16.2. The van der Waals surface area contributed by atoms with Crippen LogP contribution in [0.25, 0.3) is 10.9 Å². The number of aromatic nitrogens is 2. The van der Waals surface area contributed by atoms with E-state index < -0.39 is 0 Å². The van der Waals surface area contributed by atoms with Crippen LogP contribution in [-0.2, 0) is 0 Å². The summed E-state index contributed by atoms with van der Waals surface area (Å²) in [6, 6.07) is 16.2. The van der Waals surface area contributed by atoms with Gasteiger partial charge in [0, 0.05) is 38.1 Å². The number of hydrogen-bond acceptors (Lipinski definition) is 7. The second-order valence-corrected chi connectivity index (χ2v) is 10.7. The summed E-state index contributed by atoms with van der Waals surface area (Å²) in [6.45, 7) is 1.52. The smallest absolute Gasteiger partial charge is 0.261 e. The number of benzene rings is 2. The highest BCUT2D eigenvalue weighted by molar-refractivity contribution is 6.21. The van der Waals surface area contributed by atoms with Crippen LogP contribution < -0.4 is 15.5 Å². The lowest BCUT2D eigenvalue weighted by molar-refractivity contribution is 0.0651. The van der Waals surface area contributed by atoms with Gasteiger partial charge in [0.25, 0.3) is 11.8 Å². The fraction of sp³-hybridized carbons (Fsp3) is 0.467. The summed E-state index contributed by atoms with van der Waals surface area (Å²) < 4.78 is 0. The van der Waals surface area contributed by atoms with Crippen molar-refractivity contribution >= 4 is 34.5 Å². The first-order valence-corrected chi connectivity index (χ1v) is 13.9. The Kier molecular flexibility index (Phi) is 8.17. The molecule has 1 aliphatic heterocycles. The van der Waals surface area contributed by atoms with Crippen LogP contribution in [0.3, 0.4) is 0 Å². The zero-order valence-electron chi connectivity index (χ0n) is 22.4. The third-order valence-corrected chi connectivity index (χ3v) is 7.69. The fourth-order valence-corrected chi connectivity index (χ4v) is 5.59.